The number of aryl methyl sites for hydroxylation is 1. The minimum absolute atomic E-state index is 0.432. The van der Waals surface area contributed by atoms with Crippen LogP contribution in [0.4, 0.5) is 5.69 Å². The van der Waals surface area contributed by atoms with Crippen LogP contribution >= 0.6 is 0 Å². The first-order valence-corrected chi connectivity index (χ1v) is 5.83. The summed E-state index contributed by atoms with van der Waals surface area (Å²) in [5, 5.41) is 17.6. The van der Waals surface area contributed by atoms with Crippen molar-refractivity contribution in [2.75, 3.05) is 5.32 Å². The van der Waals surface area contributed by atoms with Gasteiger partial charge in [-0.2, -0.15) is 5.10 Å². The molecule has 1 aromatic carbocycles. The Balaban J connectivity index is 2.24. The van der Waals surface area contributed by atoms with E-state index in [4.69, 9.17) is 0 Å². The molecular weight excluding hydrogens is 230 g/mol. The number of benzene rings is 1. The molecule has 0 aliphatic carbocycles. The maximum atomic E-state index is 12.1. The minimum Gasteiger partial charge on any atom is -0.371 e. The predicted octanol–water partition coefficient (Wildman–Crippen LogP) is 1.09. The van der Waals surface area contributed by atoms with E-state index in [1.54, 1.807) is 35.1 Å². The normalized spacial score (nSPS) is 21.8. The number of carbonyl (C=O) groups is 1. The Hall–Kier alpha value is -2.14. The number of carbonyl (C=O) groups excluding carboxylic acids is 1. The van der Waals surface area contributed by atoms with Crippen LogP contribution in [0.1, 0.15) is 18.2 Å². The summed E-state index contributed by atoms with van der Waals surface area (Å²) >= 11 is 0. The van der Waals surface area contributed by atoms with Gasteiger partial charge in [-0.3, -0.25) is 9.48 Å². The van der Waals surface area contributed by atoms with Gasteiger partial charge in [-0.25, -0.2) is 0 Å². The van der Waals surface area contributed by atoms with Gasteiger partial charge in [0.1, 0.15) is 0 Å². The Labute approximate surface area is 104 Å². The quantitative estimate of drug-likeness (QED) is 0.829. The average molecular weight is 243 g/mol. The Morgan fingerprint density at radius 1 is 1.39 bits per heavy atom. The van der Waals surface area contributed by atoms with Crippen LogP contribution < -0.4 is 5.32 Å². The summed E-state index contributed by atoms with van der Waals surface area (Å²) in [4.78, 5) is 12.1. The van der Waals surface area contributed by atoms with Crippen molar-refractivity contribution in [1.29, 1.82) is 0 Å². The Kier molecular flexibility index (Phi) is 2.24. The molecule has 2 heterocycles. The molecule has 1 aliphatic heterocycles. The minimum atomic E-state index is -1.65. The van der Waals surface area contributed by atoms with Crippen LogP contribution in [-0.2, 0) is 16.9 Å². The molecule has 1 amide bonds. The van der Waals surface area contributed by atoms with E-state index < -0.39 is 11.5 Å². The van der Waals surface area contributed by atoms with Gasteiger partial charge in [0.05, 0.1) is 5.69 Å². The van der Waals surface area contributed by atoms with Gasteiger partial charge in [0.25, 0.3) is 5.91 Å². The zero-order valence-corrected chi connectivity index (χ0v) is 9.92. The average Bonchev–Trinajstić information content (AvgIpc) is 2.95. The van der Waals surface area contributed by atoms with Crippen molar-refractivity contribution in [2.24, 2.45) is 0 Å². The molecule has 5 heteroatoms. The van der Waals surface area contributed by atoms with Crippen molar-refractivity contribution < 1.29 is 9.90 Å². The lowest BCUT2D eigenvalue weighted by molar-refractivity contribution is -0.130. The largest absolute Gasteiger partial charge is 0.371 e. The molecule has 0 radical (unpaired) electrons. The van der Waals surface area contributed by atoms with Crippen molar-refractivity contribution in [2.45, 2.75) is 19.1 Å². The van der Waals surface area contributed by atoms with Gasteiger partial charge >= 0.3 is 0 Å². The fourth-order valence-electron chi connectivity index (χ4n) is 2.39. The number of nitrogens with one attached hydrogen (secondary N) is 1. The summed E-state index contributed by atoms with van der Waals surface area (Å²) in [6.07, 6.45) is 1.59. The molecule has 3 rings (SSSR count). The molecule has 0 saturated carbocycles. The molecule has 18 heavy (non-hydrogen) atoms. The van der Waals surface area contributed by atoms with Crippen LogP contribution in [0.2, 0.25) is 0 Å². The molecule has 92 valence electrons. The highest BCUT2D eigenvalue weighted by molar-refractivity contribution is 6.06. The third-order valence-electron chi connectivity index (χ3n) is 3.28. The number of amides is 1. The first-order chi connectivity index (χ1) is 8.67. The van der Waals surface area contributed by atoms with Crippen LogP contribution in [0.15, 0.2) is 36.5 Å². The predicted molar refractivity (Wildman–Crippen MR) is 66.0 cm³/mol. The molecular formula is C13H13N3O2. The molecule has 0 saturated heterocycles. The van der Waals surface area contributed by atoms with E-state index in [1.165, 1.54) is 0 Å². The standard InChI is InChI=1S/C13H13N3O2/c1-2-16-11(7-8-14-16)13(18)9-5-3-4-6-10(9)15-12(13)17/h3-8,18H,2H2,1H3,(H,15,17). The number of nitrogens with zero attached hydrogens (tertiary/aromatic N) is 2. The highest BCUT2D eigenvalue weighted by atomic mass is 16.3. The number of hydrogen-bond donors (Lipinski definition) is 2. The van der Waals surface area contributed by atoms with Crippen LogP contribution in [0, 0.1) is 0 Å². The van der Waals surface area contributed by atoms with E-state index in [9.17, 15) is 9.90 Å². The van der Waals surface area contributed by atoms with E-state index in [-0.39, 0.29) is 0 Å². The molecule has 0 fully saturated rings. The summed E-state index contributed by atoms with van der Waals surface area (Å²) in [5.41, 5.74) is 0.0647. The number of anilines is 1. The number of para-hydroxylation sites is 1. The van der Waals surface area contributed by atoms with Crippen molar-refractivity contribution in [3.63, 3.8) is 0 Å². The smallest absolute Gasteiger partial charge is 0.267 e. The van der Waals surface area contributed by atoms with Gasteiger partial charge in [0.15, 0.2) is 0 Å². The number of aromatic nitrogens is 2. The lowest BCUT2D eigenvalue weighted by Crippen LogP contribution is -2.37. The fourth-order valence-corrected chi connectivity index (χ4v) is 2.39. The zero-order valence-electron chi connectivity index (χ0n) is 9.92. The van der Waals surface area contributed by atoms with Crippen LogP contribution in [0.25, 0.3) is 0 Å². The highest BCUT2D eigenvalue weighted by Crippen LogP contribution is 2.40. The summed E-state index contributed by atoms with van der Waals surface area (Å²) in [6.45, 7) is 2.51. The first kappa shape index (κ1) is 11.0. The summed E-state index contributed by atoms with van der Waals surface area (Å²) in [7, 11) is 0. The second-order valence-corrected chi connectivity index (χ2v) is 4.24. The molecule has 1 unspecified atom stereocenters. The van der Waals surface area contributed by atoms with Crippen LogP contribution in [0.3, 0.4) is 0 Å². The zero-order chi connectivity index (χ0) is 12.8. The summed E-state index contributed by atoms with van der Waals surface area (Å²) in [5.74, 6) is -0.432. The molecule has 0 bridgehead atoms. The molecule has 1 atom stereocenters. The number of hydrogen-bond acceptors (Lipinski definition) is 3. The maximum Gasteiger partial charge on any atom is 0.267 e. The van der Waals surface area contributed by atoms with Gasteiger partial charge in [-0.05, 0) is 19.1 Å². The maximum absolute atomic E-state index is 12.1. The van der Waals surface area contributed by atoms with Gasteiger partial charge in [0, 0.05) is 24.0 Å². The molecule has 1 aliphatic rings. The van der Waals surface area contributed by atoms with E-state index in [1.807, 2.05) is 13.0 Å². The topological polar surface area (TPSA) is 67.1 Å². The van der Waals surface area contributed by atoms with Crippen LogP contribution in [0.5, 0.6) is 0 Å². The second-order valence-electron chi connectivity index (χ2n) is 4.24. The number of fused-ring (bicyclic) bond motifs is 1. The van der Waals surface area contributed by atoms with Gasteiger partial charge in [-0.15, -0.1) is 0 Å². The lowest BCUT2D eigenvalue weighted by Gasteiger charge is -2.21. The number of aliphatic hydroxyl groups is 1. The Morgan fingerprint density at radius 3 is 2.94 bits per heavy atom. The Bertz CT molecular complexity index is 620. The lowest BCUT2D eigenvalue weighted by atomic mass is 9.92. The SMILES string of the molecule is CCn1nccc1C1(O)C(=O)Nc2ccccc21. The fraction of sp³-hybridized carbons (Fsp3) is 0.231. The summed E-state index contributed by atoms with van der Waals surface area (Å²) < 4.78 is 1.63. The van der Waals surface area contributed by atoms with E-state index >= 15 is 0 Å². The first-order valence-electron chi connectivity index (χ1n) is 5.83. The Morgan fingerprint density at radius 2 is 2.17 bits per heavy atom. The van der Waals surface area contributed by atoms with Gasteiger partial charge in [0.2, 0.25) is 5.60 Å². The van der Waals surface area contributed by atoms with Crippen molar-refractivity contribution in [1.82, 2.24) is 9.78 Å². The molecule has 2 aromatic rings. The summed E-state index contributed by atoms with van der Waals surface area (Å²) in [6, 6.07) is 8.82. The van der Waals surface area contributed by atoms with Crippen LogP contribution in [-0.4, -0.2) is 20.8 Å². The monoisotopic (exact) mass is 243 g/mol. The van der Waals surface area contributed by atoms with Crippen molar-refractivity contribution in [3.8, 4) is 0 Å². The molecule has 2 N–H and O–H groups in total. The van der Waals surface area contributed by atoms with Crippen molar-refractivity contribution >= 4 is 11.6 Å². The van der Waals surface area contributed by atoms with E-state index in [2.05, 4.69) is 10.4 Å². The molecule has 1 aromatic heterocycles. The van der Waals surface area contributed by atoms with Gasteiger partial charge < -0.3 is 10.4 Å². The van der Waals surface area contributed by atoms with Crippen molar-refractivity contribution in [3.05, 3.63) is 47.8 Å². The second kappa shape index (κ2) is 3.68. The highest BCUT2D eigenvalue weighted by Gasteiger charge is 2.48. The molecule has 0 spiro atoms. The third kappa shape index (κ3) is 1.25. The van der Waals surface area contributed by atoms with E-state index in [0.29, 0.717) is 23.5 Å². The van der Waals surface area contributed by atoms with E-state index in [0.717, 1.165) is 0 Å². The third-order valence-corrected chi connectivity index (χ3v) is 3.28. The van der Waals surface area contributed by atoms with Gasteiger partial charge in [-0.1, -0.05) is 18.2 Å². The molecule has 5 nitrogen and oxygen atoms in total. The number of rotatable bonds is 2.